The third-order valence-corrected chi connectivity index (χ3v) is 9.37. The van der Waals surface area contributed by atoms with Gasteiger partial charge >= 0.3 is 0 Å². The Morgan fingerprint density at radius 2 is 0.720 bits per heavy atom. The molecule has 2 aliphatic heterocycles. The zero-order valence-corrected chi connectivity index (χ0v) is 27.8. The van der Waals surface area contributed by atoms with Crippen molar-refractivity contribution in [1.82, 2.24) is 0 Å². The highest BCUT2D eigenvalue weighted by molar-refractivity contribution is 6.01. The van der Waals surface area contributed by atoms with Gasteiger partial charge in [-0.1, -0.05) is 158 Å². The van der Waals surface area contributed by atoms with Crippen molar-refractivity contribution in [3.8, 4) is 11.1 Å². The van der Waals surface area contributed by atoms with Gasteiger partial charge in [0.1, 0.15) is 0 Å². The highest BCUT2D eigenvalue weighted by Gasteiger charge is 2.29. The Labute approximate surface area is 294 Å². The fourth-order valence-electron chi connectivity index (χ4n) is 6.73. The van der Waals surface area contributed by atoms with Gasteiger partial charge in [0.2, 0.25) is 0 Å². The number of hydrogen-bond donors (Lipinski definition) is 0. The summed E-state index contributed by atoms with van der Waals surface area (Å²) < 4.78 is 0. The first-order chi connectivity index (χ1) is 24.8. The van der Waals surface area contributed by atoms with Gasteiger partial charge in [-0.05, 0) is 69.8 Å². The van der Waals surface area contributed by atoms with Gasteiger partial charge in [-0.15, -0.1) is 0 Å². The van der Waals surface area contributed by atoms with E-state index in [1.807, 2.05) is 12.1 Å². The number of allylic oxidation sites excluding steroid dienone is 2. The molecule has 50 heavy (non-hydrogen) atoms. The van der Waals surface area contributed by atoms with Crippen LogP contribution < -0.4 is 10.0 Å². The molecule has 2 atom stereocenters. The molecule has 0 aliphatic carbocycles. The van der Waals surface area contributed by atoms with Crippen molar-refractivity contribution in [1.29, 1.82) is 0 Å². The molecule has 0 amide bonds. The van der Waals surface area contributed by atoms with E-state index in [0.29, 0.717) is 0 Å². The Morgan fingerprint density at radius 3 is 1.08 bits per heavy atom. The summed E-state index contributed by atoms with van der Waals surface area (Å²) in [4.78, 5) is 0. The van der Waals surface area contributed by atoms with E-state index < -0.39 is 0 Å². The number of para-hydroxylation sites is 2. The van der Waals surface area contributed by atoms with Gasteiger partial charge in [-0.25, -0.2) is 0 Å². The van der Waals surface area contributed by atoms with E-state index in [-0.39, 0.29) is 12.1 Å². The van der Waals surface area contributed by atoms with Crippen LogP contribution in [0.5, 0.6) is 0 Å². The van der Waals surface area contributed by atoms with Crippen LogP contribution in [0, 0.1) is 0 Å². The third kappa shape index (κ3) is 6.96. The third-order valence-electron chi connectivity index (χ3n) is 9.37. The summed E-state index contributed by atoms with van der Waals surface area (Å²) in [5.74, 6) is 0. The molecule has 0 radical (unpaired) electrons. The first-order valence-corrected chi connectivity index (χ1v) is 17.3. The lowest BCUT2D eigenvalue weighted by Crippen LogP contribution is -2.18. The Hall–Kier alpha value is -6.26. The largest absolute Gasteiger partial charge is 0.257 e. The molecule has 242 valence electrons. The van der Waals surface area contributed by atoms with E-state index in [1.165, 1.54) is 33.4 Å². The first kappa shape index (κ1) is 31.0. The maximum Gasteiger partial charge on any atom is 0.0831 e. The number of rotatable bonds is 9. The Bertz CT molecular complexity index is 1980. The molecular formula is C46H38N4. The second kappa shape index (κ2) is 14.5. The van der Waals surface area contributed by atoms with E-state index in [4.69, 9.17) is 10.2 Å². The van der Waals surface area contributed by atoms with Crippen LogP contribution in [-0.2, 0) is 0 Å². The van der Waals surface area contributed by atoms with Crippen LogP contribution in [-0.4, -0.2) is 11.4 Å². The van der Waals surface area contributed by atoms with Crippen molar-refractivity contribution in [3.05, 3.63) is 204 Å². The second-order valence-corrected chi connectivity index (χ2v) is 12.7. The van der Waals surface area contributed by atoms with E-state index in [1.54, 1.807) is 0 Å². The zero-order chi connectivity index (χ0) is 33.5. The SMILES string of the molecule is C(=Cc1ccccc1)C1=NN(c2ccccc2)C(c2ccc(-c3ccc(C4CC(C=Cc5ccccc5)=NN4c4ccccc4)cc3)cc2)C1. The van der Waals surface area contributed by atoms with Gasteiger partial charge in [-0.3, -0.25) is 10.0 Å². The average Bonchev–Trinajstić information content (AvgIpc) is 3.83. The van der Waals surface area contributed by atoms with E-state index in [0.717, 1.165) is 35.6 Å². The summed E-state index contributed by atoms with van der Waals surface area (Å²) >= 11 is 0. The average molecular weight is 647 g/mol. The monoisotopic (exact) mass is 646 g/mol. The first-order valence-electron chi connectivity index (χ1n) is 17.3. The molecule has 0 N–H and O–H groups in total. The maximum atomic E-state index is 5.07. The van der Waals surface area contributed by atoms with Crippen molar-refractivity contribution in [2.75, 3.05) is 10.0 Å². The highest BCUT2D eigenvalue weighted by atomic mass is 15.5. The van der Waals surface area contributed by atoms with E-state index in [2.05, 4.69) is 192 Å². The molecule has 2 heterocycles. The van der Waals surface area contributed by atoms with E-state index in [9.17, 15) is 0 Å². The minimum absolute atomic E-state index is 0.126. The van der Waals surface area contributed by atoms with Crippen LogP contribution in [0.15, 0.2) is 192 Å². The van der Waals surface area contributed by atoms with Gasteiger partial charge in [0.15, 0.2) is 0 Å². The standard InChI is InChI=1S/C46H38N4/c1-5-13-35(14-6-1)21-31-41-33-45(49(47-41)43-17-9-3-10-18-43)39-27-23-37(24-28-39)38-25-29-40(30-26-38)46-34-42(32-22-36-15-7-2-8-16-36)48-50(46)44-19-11-4-12-20-44/h1-32,45-46H,33-34H2. The molecule has 0 spiro atoms. The van der Waals surface area contributed by atoms with Crippen molar-refractivity contribution in [3.63, 3.8) is 0 Å². The molecule has 6 aromatic carbocycles. The second-order valence-electron chi connectivity index (χ2n) is 12.7. The molecule has 0 fully saturated rings. The lowest BCUT2D eigenvalue weighted by atomic mass is 9.95. The van der Waals surface area contributed by atoms with Gasteiger partial charge in [0.25, 0.3) is 0 Å². The number of benzene rings is 6. The van der Waals surface area contributed by atoms with Crippen molar-refractivity contribution >= 4 is 35.0 Å². The Kier molecular flexibility index (Phi) is 8.98. The summed E-state index contributed by atoms with van der Waals surface area (Å²) in [7, 11) is 0. The van der Waals surface area contributed by atoms with Gasteiger partial charge < -0.3 is 0 Å². The lowest BCUT2D eigenvalue weighted by molar-refractivity contribution is 0.709. The number of anilines is 2. The minimum Gasteiger partial charge on any atom is -0.257 e. The van der Waals surface area contributed by atoms with Gasteiger partial charge in [-0.2, -0.15) is 10.2 Å². The fraction of sp³-hybridized carbons (Fsp3) is 0.0870. The molecule has 0 bridgehead atoms. The smallest absolute Gasteiger partial charge is 0.0831 e. The van der Waals surface area contributed by atoms with E-state index >= 15 is 0 Å². The number of nitrogens with zero attached hydrogens (tertiary/aromatic N) is 4. The van der Waals surface area contributed by atoms with Gasteiger partial charge in [0, 0.05) is 12.8 Å². The normalized spacial score (nSPS) is 17.4. The van der Waals surface area contributed by atoms with Crippen molar-refractivity contribution in [2.24, 2.45) is 10.2 Å². The molecule has 0 saturated heterocycles. The summed E-state index contributed by atoms with van der Waals surface area (Å²) in [5.41, 5.74) is 11.6. The van der Waals surface area contributed by atoms with Crippen LogP contribution in [0.25, 0.3) is 23.3 Å². The molecule has 2 aliphatic rings. The van der Waals surface area contributed by atoms with Crippen LogP contribution in [0.3, 0.4) is 0 Å². The van der Waals surface area contributed by atoms with Crippen LogP contribution >= 0.6 is 0 Å². The van der Waals surface area contributed by atoms with Crippen LogP contribution in [0.4, 0.5) is 11.4 Å². The Morgan fingerprint density at radius 1 is 0.380 bits per heavy atom. The summed E-state index contributed by atoms with van der Waals surface area (Å²) in [6.45, 7) is 0. The molecule has 8 rings (SSSR count). The number of hydrazone groups is 2. The molecule has 0 saturated carbocycles. The molecule has 4 nitrogen and oxygen atoms in total. The molecule has 0 aromatic heterocycles. The maximum absolute atomic E-state index is 5.07. The lowest BCUT2D eigenvalue weighted by Gasteiger charge is -2.24. The summed E-state index contributed by atoms with van der Waals surface area (Å²) in [6, 6.07) is 60.0. The van der Waals surface area contributed by atoms with Crippen LogP contribution in [0.1, 0.15) is 47.2 Å². The number of hydrogen-bond acceptors (Lipinski definition) is 4. The quantitative estimate of drug-likeness (QED) is 0.156. The fourth-order valence-corrected chi connectivity index (χ4v) is 6.73. The van der Waals surface area contributed by atoms with Crippen molar-refractivity contribution < 1.29 is 0 Å². The summed E-state index contributed by atoms with van der Waals surface area (Å²) in [5, 5.41) is 14.5. The zero-order valence-electron chi connectivity index (χ0n) is 27.8. The topological polar surface area (TPSA) is 31.2 Å². The Balaban J connectivity index is 1.01. The molecule has 4 heteroatoms. The molecule has 2 unspecified atom stereocenters. The summed E-state index contributed by atoms with van der Waals surface area (Å²) in [6.07, 6.45) is 10.3. The predicted molar refractivity (Wildman–Crippen MR) is 210 cm³/mol. The highest BCUT2D eigenvalue weighted by Crippen LogP contribution is 2.38. The predicted octanol–water partition coefficient (Wildman–Crippen LogP) is 11.4. The van der Waals surface area contributed by atoms with Crippen LogP contribution in [0.2, 0.25) is 0 Å². The molecular weight excluding hydrogens is 609 g/mol. The van der Waals surface area contributed by atoms with Gasteiger partial charge in [0.05, 0.1) is 34.9 Å². The van der Waals surface area contributed by atoms with Crippen molar-refractivity contribution in [2.45, 2.75) is 24.9 Å². The minimum atomic E-state index is 0.126. The molecule has 6 aromatic rings.